The lowest BCUT2D eigenvalue weighted by atomic mass is 10.0. The zero-order valence-corrected chi connectivity index (χ0v) is 9.29. The largest absolute Gasteiger partial charge is 0.486 e. The molecule has 0 bridgehead atoms. The van der Waals surface area contributed by atoms with Crippen molar-refractivity contribution in [3.63, 3.8) is 0 Å². The molecule has 0 aromatic heterocycles. The van der Waals surface area contributed by atoms with Gasteiger partial charge < -0.3 is 9.47 Å². The first-order chi connectivity index (χ1) is 7.68. The summed E-state index contributed by atoms with van der Waals surface area (Å²) >= 11 is 0. The van der Waals surface area contributed by atoms with Crippen molar-refractivity contribution in [2.75, 3.05) is 13.2 Å². The number of ketones is 1. The van der Waals surface area contributed by atoms with Crippen molar-refractivity contribution in [1.29, 1.82) is 0 Å². The van der Waals surface area contributed by atoms with Gasteiger partial charge >= 0.3 is 0 Å². The van der Waals surface area contributed by atoms with Crippen LogP contribution in [0.15, 0.2) is 30.4 Å². The van der Waals surface area contributed by atoms with Gasteiger partial charge in [0, 0.05) is 6.42 Å². The second-order valence-electron chi connectivity index (χ2n) is 3.89. The van der Waals surface area contributed by atoms with Gasteiger partial charge in [-0.05, 0) is 19.1 Å². The highest BCUT2D eigenvalue weighted by molar-refractivity contribution is 6.00. The summed E-state index contributed by atoms with van der Waals surface area (Å²) in [7, 11) is 0. The monoisotopic (exact) mass is 218 g/mol. The molecule has 16 heavy (non-hydrogen) atoms. The Morgan fingerprint density at radius 3 is 2.88 bits per heavy atom. The van der Waals surface area contributed by atoms with Gasteiger partial charge in [-0.25, -0.2) is 0 Å². The molecule has 0 radical (unpaired) electrons. The van der Waals surface area contributed by atoms with E-state index in [0.717, 1.165) is 5.57 Å². The molecule has 0 atom stereocenters. The second-order valence-corrected chi connectivity index (χ2v) is 3.89. The van der Waals surface area contributed by atoms with Gasteiger partial charge in [0.2, 0.25) is 0 Å². The third-order valence-electron chi connectivity index (χ3n) is 2.33. The van der Waals surface area contributed by atoms with E-state index < -0.39 is 0 Å². The highest BCUT2D eigenvalue weighted by Gasteiger charge is 2.19. The summed E-state index contributed by atoms with van der Waals surface area (Å²) in [6.07, 6.45) is 0.347. The van der Waals surface area contributed by atoms with Crippen LogP contribution in [0.4, 0.5) is 0 Å². The van der Waals surface area contributed by atoms with Crippen molar-refractivity contribution < 1.29 is 14.3 Å². The minimum atomic E-state index is 0.0230. The van der Waals surface area contributed by atoms with E-state index in [2.05, 4.69) is 6.58 Å². The fraction of sp³-hybridized carbons (Fsp3) is 0.308. The lowest BCUT2D eigenvalue weighted by molar-refractivity contribution is 0.0982. The Hall–Kier alpha value is -1.77. The molecule has 0 spiro atoms. The zero-order valence-electron chi connectivity index (χ0n) is 9.29. The lowest BCUT2D eigenvalue weighted by Gasteiger charge is -2.20. The van der Waals surface area contributed by atoms with Gasteiger partial charge in [0.05, 0.1) is 5.56 Å². The zero-order chi connectivity index (χ0) is 11.5. The van der Waals surface area contributed by atoms with Gasteiger partial charge in [0.1, 0.15) is 13.2 Å². The molecule has 84 valence electrons. The van der Waals surface area contributed by atoms with Gasteiger partial charge in [-0.1, -0.05) is 18.2 Å². The van der Waals surface area contributed by atoms with Crippen LogP contribution in [-0.2, 0) is 0 Å². The standard InChI is InChI=1S/C13H14O3/c1-9(2)8-11(14)10-4-3-5-12-13(10)16-7-6-15-12/h3-5H,1,6-8H2,2H3. The number of benzene rings is 1. The summed E-state index contributed by atoms with van der Waals surface area (Å²) in [6, 6.07) is 5.38. The lowest BCUT2D eigenvalue weighted by Crippen LogP contribution is -2.17. The first-order valence-corrected chi connectivity index (χ1v) is 5.24. The molecule has 0 saturated heterocycles. The Morgan fingerprint density at radius 2 is 2.12 bits per heavy atom. The Kier molecular flexibility index (Phi) is 2.95. The number of Topliss-reactive ketones (excluding diaryl/α,β-unsaturated/α-hetero) is 1. The van der Waals surface area contributed by atoms with Gasteiger partial charge in [-0.2, -0.15) is 0 Å². The maximum atomic E-state index is 11.9. The van der Waals surface area contributed by atoms with Crippen molar-refractivity contribution in [1.82, 2.24) is 0 Å². The summed E-state index contributed by atoms with van der Waals surface area (Å²) < 4.78 is 10.9. The minimum Gasteiger partial charge on any atom is -0.486 e. The molecule has 1 aromatic carbocycles. The average Bonchev–Trinajstić information content (AvgIpc) is 2.27. The fourth-order valence-electron chi connectivity index (χ4n) is 1.66. The van der Waals surface area contributed by atoms with E-state index in [9.17, 15) is 4.79 Å². The number of carbonyl (C=O) groups excluding carboxylic acids is 1. The van der Waals surface area contributed by atoms with Crippen LogP contribution in [0.25, 0.3) is 0 Å². The van der Waals surface area contributed by atoms with Crippen molar-refractivity contribution in [3.8, 4) is 11.5 Å². The van der Waals surface area contributed by atoms with Crippen LogP contribution in [0.5, 0.6) is 11.5 Å². The van der Waals surface area contributed by atoms with Crippen LogP contribution < -0.4 is 9.47 Å². The topological polar surface area (TPSA) is 35.5 Å². The number of rotatable bonds is 3. The summed E-state index contributed by atoms with van der Waals surface area (Å²) in [6.45, 7) is 6.60. The van der Waals surface area contributed by atoms with E-state index in [-0.39, 0.29) is 5.78 Å². The summed E-state index contributed by atoms with van der Waals surface area (Å²) in [5, 5.41) is 0. The average molecular weight is 218 g/mol. The number of hydrogen-bond donors (Lipinski definition) is 0. The predicted octanol–water partition coefficient (Wildman–Crippen LogP) is 2.61. The van der Waals surface area contributed by atoms with E-state index >= 15 is 0 Å². The van der Waals surface area contributed by atoms with E-state index in [4.69, 9.17) is 9.47 Å². The van der Waals surface area contributed by atoms with Gasteiger partial charge in [0.25, 0.3) is 0 Å². The molecule has 0 aliphatic carbocycles. The highest BCUT2D eigenvalue weighted by Crippen LogP contribution is 2.34. The SMILES string of the molecule is C=C(C)CC(=O)c1cccc2c1OCCO2. The Morgan fingerprint density at radius 1 is 1.38 bits per heavy atom. The van der Waals surface area contributed by atoms with E-state index in [0.29, 0.717) is 36.7 Å². The number of carbonyl (C=O) groups is 1. The maximum Gasteiger partial charge on any atom is 0.172 e. The molecule has 1 aliphatic rings. The first-order valence-electron chi connectivity index (χ1n) is 5.24. The van der Waals surface area contributed by atoms with Crippen molar-refractivity contribution >= 4 is 5.78 Å². The molecule has 3 nitrogen and oxygen atoms in total. The number of hydrogen-bond acceptors (Lipinski definition) is 3. The number of fused-ring (bicyclic) bond motifs is 1. The smallest absolute Gasteiger partial charge is 0.172 e. The molecule has 1 aliphatic heterocycles. The number of para-hydroxylation sites is 1. The Labute approximate surface area is 94.7 Å². The number of allylic oxidation sites excluding steroid dienone is 1. The second kappa shape index (κ2) is 4.39. The molecular formula is C13H14O3. The summed E-state index contributed by atoms with van der Waals surface area (Å²) in [5.41, 5.74) is 1.43. The van der Waals surface area contributed by atoms with E-state index in [1.165, 1.54) is 0 Å². The van der Waals surface area contributed by atoms with E-state index in [1.807, 2.05) is 13.0 Å². The molecule has 0 unspecified atom stereocenters. The summed E-state index contributed by atoms with van der Waals surface area (Å²) in [4.78, 5) is 11.9. The molecule has 0 N–H and O–H groups in total. The Balaban J connectivity index is 2.33. The summed E-state index contributed by atoms with van der Waals surface area (Å²) in [5.74, 6) is 1.24. The van der Waals surface area contributed by atoms with Gasteiger partial charge in [0.15, 0.2) is 17.3 Å². The predicted molar refractivity (Wildman–Crippen MR) is 61.2 cm³/mol. The highest BCUT2D eigenvalue weighted by atomic mass is 16.6. The first kappa shape index (κ1) is 10.7. The van der Waals surface area contributed by atoms with Crippen molar-refractivity contribution in [2.24, 2.45) is 0 Å². The molecule has 3 heteroatoms. The molecule has 0 fully saturated rings. The van der Waals surface area contributed by atoms with Crippen LogP contribution >= 0.6 is 0 Å². The Bertz CT molecular complexity index is 435. The van der Waals surface area contributed by atoms with Crippen molar-refractivity contribution in [3.05, 3.63) is 35.9 Å². The van der Waals surface area contributed by atoms with Crippen LogP contribution in [-0.4, -0.2) is 19.0 Å². The molecule has 0 amide bonds. The quantitative estimate of drug-likeness (QED) is 0.578. The van der Waals surface area contributed by atoms with Crippen LogP contribution in [0, 0.1) is 0 Å². The molecular weight excluding hydrogens is 204 g/mol. The minimum absolute atomic E-state index is 0.0230. The van der Waals surface area contributed by atoms with Crippen LogP contribution in [0.2, 0.25) is 0 Å². The molecule has 1 aromatic rings. The normalized spacial score (nSPS) is 13.3. The fourth-order valence-corrected chi connectivity index (χ4v) is 1.66. The molecule has 2 rings (SSSR count). The van der Waals surface area contributed by atoms with Crippen molar-refractivity contribution in [2.45, 2.75) is 13.3 Å². The van der Waals surface area contributed by atoms with Crippen LogP contribution in [0.3, 0.4) is 0 Å². The number of ether oxygens (including phenoxy) is 2. The van der Waals surface area contributed by atoms with E-state index in [1.54, 1.807) is 12.1 Å². The maximum absolute atomic E-state index is 11.9. The third-order valence-corrected chi connectivity index (χ3v) is 2.33. The molecule has 0 saturated carbocycles. The van der Waals surface area contributed by atoms with Gasteiger partial charge in [-0.15, -0.1) is 0 Å². The van der Waals surface area contributed by atoms with Gasteiger partial charge in [-0.3, -0.25) is 4.79 Å². The molecule has 1 heterocycles. The van der Waals surface area contributed by atoms with Crippen LogP contribution in [0.1, 0.15) is 23.7 Å². The third kappa shape index (κ3) is 2.08.